The fraction of sp³-hybridized carbons (Fsp3) is 0.350. The van der Waals surface area contributed by atoms with E-state index in [0.29, 0.717) is 12.1 Å². The van der Waals surface area contributed by atoms with Crippen LogP contribution in [0.3, 0.4) is 0 Å². The Balaban J connectivity index is 1.80. The number of fused-ring (bicyclic) bond motifs is 1. The lowest BCUT2D eigenvalue weighted by Gasteiger charge is -2.29. The zero-order valence-corrected chi connectivity index (χ0v) is 16.0. The van der Waals surface area contributed by atoms with Crippen LogP contribution in [0.2, 0.25) is 0 Å². The molecule has 0 spiro atoms. The van der Waals surface area contributed by atoms with E-state index in [-0.39, 0.29) is 11.7 Å². The summed E-state index contributed by atoms with van der Waals surface area (Å²) in [6.07, 6.45) is 2.19. The molecule has 0 saturated carbocycles. The number of anilines is 2. The highest BCUT2D eigenvalue weighted by Gasteiger charge is 2.22. The molecule has 138 valence electrons. The number of carbonyl (C=O) groups excluding carboxylic acids is 1. The Hall–Kier alpha value is -2.34. The van der Waals surface area contributed by atoms with Crippen LogP contribution in [0.25, 0.3) is 0 Å². The third kappa shape index (κ3) is 4.07. The summed E-state index contributed by atoms with van der Waals surface area (Å²) in [5, 5.41) is 0. The summed E-state index contributed by atoms with van der Waals surface area (Å²) in [6.45, 7) is 4.48. The highest BCUT2D eigenvalue weighted by atomic mass is 32.2. The Kier molecular flexibility index (Phi) is 5.32. The molecule has 0 atom stereocenters. The van der Waals surface area contributed by atoms with Gasteiger partial charge in [0, 0.05) is 24.3 Å². The second-order valence-corrected chi connectivity index (χ2v) is 8.36. The maximum atomic E-state index is 12.5. The number of sulfonamides is 1. The Labute approximate surface area is 155 Å². The van der Waals surface area contributed by atoms with Crippen LogP contribution in [0.5, 0.6) is 0 Å². The van der Waals surface area contributed by atoms with Crippen molar-refractivity contribution in [3.63, 3.8) is 0 Å². The molecule has 1 aliphatic heterocycles. The van der Waals surface area contributed by atoms with E-state index in [1.54, 1.807) is 11.0 Å². The zero-order chi connectivity index (χ0) is 18.7. The second-order valence-electron chi connectivity index (χ2n) is 6.63. The van der Waals surface area contributed by atoms with Crippen molar-refractivity contribution in [3.05, 3.63) is 59.2 Å². The molecule has 1 amide bonds. The smallest absolute Gasteiger partial charge is 0.236 e. The molecule has 1 aliphatic rings. The number of hydrogen-bond acceptors (Lipinski definition) is 3. The molecule has 3 rings (SSSR count). The number of rotatable bonds is 5. The molecular formula is C20H24N2O3S. The van der Waals surface area contributed by atoms with Gasteiger partial charge in [0.05, 0.1) is 5.75 Å². The molecule has 0 fully saturated rings. The van der Waals surface area contributed by atoms with Crippen molar-refractivity contribution in [1.82, 2.24) is 0 Å². The summed E-state index contributed by atoms with van der Waals surface area (Å²) >= 11 is 0. The largest absolute Gasteiger partial charge is 0.312 e. The van der Waals surface area contributed by atoms with Crippen molar-refractivity contribution in [2.24, 2.45) is 0 Å². The van der Waals surface area contributed by atoms with E-state index in [2.05, 4.69) is 4.72 Å². The van der Waals surface area contributed by atoms with E-state index in [0.717, 1.165) is 41.8 Å². The van der Waals surface area contributed by atoms with Crippen LogP contribution in [0.4, 0.5) is 11.4 Å². The van der Waals surface area contributed by atoms with Crippen molar-refractivity contribution in [1.29, 1.82) is 0 Å². The van der Waals surface area contributed by atoms with Crippen molar-refractivity contribution >= 4 is 27.3 Å². The number of nitrogens with zero attached hydrogens (tertiary/aromatic N) is 1. The van der Waals surface area contributed by atoms with Gasteiger partial charge in [-0.2, -0.15) is 0 Å². The van der Waals surface area contributed by atoms with Gasteiger partial charge in [-0.25, -0.2) is 8.42 Å². The SMILES string of the molecule is CCC(=O)N1CCCc2cc(NS(=O)(=O)Cc3ccccc3C)ccc21. The third-order valence-corrected chi connectivity index (χ3v) is 5.92. The van der Waals surface area contributed by atoms with Crippen molar-refractivity contribution < 1.29 is 13.2 Å². The highest BCUT2D eigenvalue weighted by molar-refractivity contribution is 7.91. The Bertz CT molecular complexity index is 922. The van der Waals surface area contributed by atoms with E-state index < -0.39 is 10.0 Å². The van der Waals surface area contributed by atoms with E-state index in [1.807, 2.05) is 50.2 Å². The van der Waals surface area contributed by atoms with Crippen LogP contribution in [-0.2, 0) is 27.0 Å². The molecule has 0 bridgehead atoms. The van der Waals surface area contributed by atoms with Gasteiger partial charge in [0.25, 0.3) is 0 Å². The van der Waals surface area contributed by atoms with Crippen molar-refractivity contribution in [2.75, 3.05) is 16.2 Å². The number of aryl methyl sites for hydroxylation is 2. The van der Waals surface area contributed by atoms with Gasteiger partial charge in [-0.1, -0.05) is 31.2 Å². The van der Waals surface area contributed by atoms with Gasteiger partial charge < -0.3 is 4.90 Å². The van der Waals surface area contributed by atoms with Crippen molar-refractivity contribution in [3.8, 4) is 0 Å². The first-order valence-electron chi connectivity index (χ1n) is 8.88. The fourth-order valence-corrected chi connectivity index (χ4v) is 4.59. The monoisotopic (exact) mass is 372 g/mol. The molecule has 5 nitrogen and oxygen atoms in total. The summed E-state index contributed by atoms with van der Waals surface area (Å²) in [5.74, 6) is 0.0378. The van der Waals surface area contributed by atoms with Gasteiger partial charge in [-0.05, 0) is 54.7 Å². The van der Waals surface area contributed by atoms with Crippen LogP contribution in [0.1, 0.15) is 36.5 Å². The van der Waals surface area contributed by atoms with Crippen molar-refractivity contribution in [2.45, 2.75) is 38.9 Å². The average molecular weight is 372 g/mol. The maximum Gasteiger partial charge on any atom is 0.236 e. The molecule has 0 aromatic heterocycles. The molecule has 0 unspecified atom stereocenters. The first-order chi connectivity index (χ1) is 12.4. The maximum absolute atomic E-state index is 12.5. The van der Waals surface area contributed by atoms with Gasteiger partial charge in [-0.15, -0.1) is 0 Å². The summed E-state index contributed by atoms with van der Waals surface area (Å²) in [5.41, 5.74) is 4.19. The van der Waals surface area contributed by atoms with Gasteiger partial charge in [0.15, 0.2) is 0 Å². The number of nitrogens with one attached hydrogen (secondary N) is 1. The standard InChI is InChI=1S/C20H24N2O3S/c1-3-20(23)22-12-6-9-16-13-18(10-11-19(16)22)21-26(24,25)14-17-8-5-4-7-15(17)2/h4-5,7-8,10-11,13,21H,3,6,9,12,14H2,1-2H3. The topological polar surface area (TPSA) is 66.5 Å². The lowest BCUT2D eigenvalue weighted by molar-refractivity contribution is -0.118. The summed E-state index contributed by atoms with van der Waals surface area (Å²) in [7, 11) is -3.50. The minimum Gasteiger partial charge on any atom is -0.312 e. The molecule has 0 radical (unpaired) electrons. The zero-order valence-electron chi connectivity index (χ0n) is 15.2. The highest BCUT2D eigenvalue weighted by Crippen LogP contribution is 2.30. The van der Waals surface area contributed by atoms with Crippen LogP contribution < -0.4 is 9.62 Å². The molecule has 26 heavy (non-hydrogen) atoms. The number of carbonyl (C=O) groups is 1. The van der Waals surface area contributed by atoms with Crippen LogP contribution >= 0.6 is 0 Å². The average Bonchev–Trinajstić information content (AvgIpc) is 2.61. The quantitative estimate of drug-likeness (QED) is 0.872. The number of hydrogen-bond donors (Lipinski definition) is 1. The molecular weight excluding hydrogens is 348 g/mol. The number of amides is 1. The molecule has 2 aromatic rings. The molecule has 0 saturated heterocycles. The molecule has 1 heterocycles. The Morgan fingerprint density at radius 2 is 1.96 bits per heavy atom. The lowest BCUT2D eigenvalue weighted by atomic mass is 10.0. The van der Waals surface area contributed by atoms with E-state index in [1.165, 1.54) is 0 Å². The minimum absolute atomic E-state index is 0.0583. The number of benzene rings is 2. The predicted molar refractivity (Wildman–Crippen MR) is 105 cm³/mol. The Morgan fingerprint density at radius 3 is 2.69 bits per heavy atom. The van der Waals surface area contributed by atoms with Gasteiger partial charge in [0.1, 0.15) is 0 Å². The van der Waals surface area contributed by atoms with E-state index in [9.17, 15) is 13.2 Å². The van der Waals surface area contributed by atoms with Crippen LogP contribution in [0, 0.1) is 6.92 Å². The van der Waals surface area contributed by atoms with Crippen LogP contribution in [0.15, 0.2) is 42.5 Å². The molecule has 2 aromatic carbocycles. The van der Waals surface area contributed by atoms with Gasteiger partial charge in [0.2, 0.25) is 15.9 Å². The summed E-state index contributed by atoms with van der Waals surface area (Å²) in [6, 6.07) is 12.9. The molecule has 0 aliphatic carbocycles. The minimum atomic E-state index is -3.50. The summed E-state index contributed by atoms with van der Waals surface area (Å²) in [4.78, 5) is 13.9. The summed E-state index contributed by atoms with van der Waals surface area (Å²) < 4.78 is 27.7. The van der Waals surface area contributed by atoms with E-state index in [4.69, 9.17) is 0 Å². The second kappa shape index (κ2) is 7.50. The fourth-order valence-electron chi connectivity index (χ4n) is 3.30. The van der Waals surface area contributed by atoms with Crippen LogP contribution in [-0.4, -0.2) is 20.9 Å². The predicted octanol–water partition coefficient (Wildman–Crippen LogP) is 3.63. The van der Waals surface area contributed by atoms with Gasteiger partial charge in [-0.3, -0.25) is 9.52 Å². The third-order valence-electron chi connectivity index (χ3n) is 4.68. The first-order valence-corrected chi connectivity index (χ1v) is 10.5. The van der Waals surface area contributed by atoms with Gasteiger partial charge >= 0.3 is 0 Å². The normalized spacial score (nSPS) is 14.0. The first kappa shape index (κ1) is 18.5. The molecule has 6 heteroatoms. The Morgan fingerprint density at radius 1 is 1.19 bits per heavy atom. The van der Waals surface area contributed by atoms with E-state index >= 15 is 0 Å². The lowest BCUT2D eigenvalue weighted by Crippen LogP contribution is -2.34. The molecule has 1 N–H and O–H groups in total.